The Kier molecular flexibility index (Phi) is 5.30. The van der Waals surface area contributed by atoms with Gasteiger partial charge in [0.2, 0.25) is 5.82 Å². The fraction of sp³-hybridized carbons (Fsp3) is 0.200. The van der Waals surface area contributed by atoms with Crippen LogP contribution in [0, 0.1) is 24.0 Å². The number of nitrogens with zero attached hydrogens (tertiary/aromatic N) is 4. The van der Waals surface area contributed by atoms with Crippen molar-refractivity contribution >= 4 is 17.2 Å². The van der Waals surface area contributed by atoms with Crippen LogP contribution >= 0.6 is 0 Å². The molecule has 0 bridgehead atoms. The van der Waals surface area contributed by atoms with E-state index in [2.05, 4.69) is 9.97 Å². The van der Waals surface area contributed by atoms with Gasteiger partial charge in [0, 0.05) is 12.2 Å². The van der Waals surface area contributed by atoms with Crippen LogP contribution in [-0.4, -0.2) is 21.4 Å². The van der Waals surface area contributed by atoms with Crippen LogP contribution in [0.15, 0.2) is 54.9 Å². The molecule has 0 aliphatic carbocycles. The van der Waals surface area contributed by atoms with Gasteiger partial charge in [0.1, 0.15) is 12.1 Å². The minimum Gasteiger partial charge on any atom is -0.434 e. The van der Waals surface area contributed by atoms with Crippen molar-refractivity contribution < 1.29 is 9.66 Å². The molecule has 0 aliphatic heterocycles. The van der Waals surface area contributed by atoms with Crippen molar-refractivity contribution in [2.45, 2.75) is 20.8 Å². The average Bonchev–Trinajstić information content (AvgIpc) is 2.62. The van der Waals surface area contributed by atoms with Crippen LogP contribution < -0.4 is 9.64 Å². The lowest BCUT2D eigenvalue weighted by Gasteiger charge is -2.22. The number of hydrogen-bond acceptors (Lipinski definition) is 6. The molecule has 0 aliphatic rings. The monoisotopic (exact) mass is 364 g/mol. The number of nitro groups is 1. The smallest absolute Gasteiger partial charge is 0.373 e. The summed E-state index contributed by atoms with van der Waals surface area (Å²) in [6.07, 6.45) is 1.28. The molecular formula is C20H20N4O3. The maximum absolute atomic E-state index is 11.8. The maximum Gasteiger partial charge on any atom is 0.373 e. The van der Waals surface area contributed by atoms with E-state index in [1.807, 2.05) is 69.3 Å². The van der Waals surface area contributed by atoms with Gasteiger partial charge in [-0.1, -0.05) is 24.3 Å². The van der Waals surface area contributed by atoms with Crippen LogP contribution in [0.1, 0.15) is 18.1 Å². The molecule has 1 heterocycles. The summed E-state index contributed by atoms with van der Waals surface area (Å²) in [7, 11) is 0. The zero-order valence-corrected chi connectivity index (χ0v) is 15.4. The van der Waals surface area contributed by atoms with E-state index >= 15 is 0 Å². The SMILES string of the molecule is CCN(c1ccccc1)c1ncnc(Oc2cc(C)cc(C)c2)c1[N+](=O)[O-]. The Morgan fingerprint density at radius 1 is 1.07 bits per heavy atom. The Labute approximate surface area is 157 Å². The molecule has 3 aromatic rings. The number of rotatable bonds is 6. The van der Waals surface area contributed by atoms with Crippen LogP contribution in [0.3, 0.4) is 0 Å². The molecule has 7 heteroatoms. The second-order valence-corrected chi connectivity index (χ2v) is 6.11. The first-order valence-electron chi connectivity index (χ1n) is 8.57. The first-order chi connectivity index (χ1) is 13.0. The molecular weight excluding hydrogens is 344 g/mol. The van der Waals surface area contributed by atoms with Gasteiger partial charge in [-0.05, 0) is 56.2 Å². The quantitative estimate of drug-likeness (QED) is 0.454. The highest BCUT2D eigenvalue weighted by molar-refractivity contribution is 5.71. The normalized spacial score (nSPS) is 10.5. The van der Waals surface area contributed by atoms with Crippen LogP contribution in [0.2, 0.25) is 0 Å². The van der Waals surface area contributed by atoms with E-state index in [9.17, 15) is 10.1 Å². The van der Waals surface area contributed by atoms with Crippen LogP contribution in [-0.2, 0) is 0 Å². The Bertz CT molecular complexity index is 940. The molecule has 27 heavy (non-hydrogen) atoms. The predicted octanol–water partition coefficient (Wildman–Crippen LogP) is 4.95. The van der Waals surface area contributed by atoms with Crippen molar-refractivity contribution in [3.63, 3.8) is 0 Å². The summed E-state index contributed by atoms with van der Waals surface area (Å²) in [5.41, 5.74) is 2.55. The standard InChI is InChI=1S/C20H20N4O3/c1-4-23(16-8-6-5-7-9-16)19-18(24(25)26)20(22-13-21-19)27-17-11-14(2)10-15(3)12-17/h5-13H,4H2,1-3H3. The lowest BCUT2D eigenvalue weighted by molar-refractivity contribution is -0.385. The Morgan fingerprint density at radius 3 is 2.33 bits per heavy atom. The molecule has 2 aromatic carbocycles. The molecule has 138 valence electrons. The van der Waals surface area contributed by atoms with Crippen molar-refractivity contribution in [2.75, 3.05) is 11.4 Å². The average molecular weight is 364 g/mol. The summed E-state index contributed by atoms with van der Waals surface area (Å²) in [4.78, 5) is 21.3. The van der Waals surface area contributed by atoms with Crippen LogP contribution in [0.4, 0.5) is 17.2 Å². The first-order valence-corrected chi connectivity index (χ1v) is 8.57. The molecule has 0 spiro atoms. The third-order valence-corrected chi connectivity index (χ3v) is 4.00. The van der Waals surface area contributed by atoms with Crippen LogP contribution in [0.5, 0.6) is 11.6 Å². The molecule has 0 fully saturated rings. The van der Waals surface area contributed by atoms with Crippen molar-refractivity contribution in [3.8, 4) is 11.6 Å². The van der Waals surface area contributed by atoms with E-state index in [1.54, 1.807) is 4.90 Å². The van der Waals surface area contributed by atoms with Gasteiger partial charge in [-0.15, -0.1) is 0 Å². The summed E-state index contributed by atoms with van der Waals surface area (Å²) in [5.74, 6) is 0.621. The summed E-state index contributed by atoms with van der Waals surface area (Å²) in [6, 6.07) is 15.0. The van der Waals surface area contributed by atoms with Crippen LogP contribution in [0.25, 0.3) is 0 Å². The van der Waals surface area contributed by atoms with Gasteiger partial charge in [0.15, 0.2) is 0 Å². The van der Waals surface area contributed by atoms with Gasteiger partial charge < -0.3 is 9.64 Å². The first kappa shape index (κ1) is 18.3. The van der Waals surface area contributed by atoms with Gasteiger partial charge in [-0.3, -0.25) is 10.1 Å². The van der Waals surface area contributed by atoms with E-state index in [0.29, 0.717) is 12.3 Å². The molecule has 0 atom stereocenters. The van der Waals surface area contributed by atoms with E-state index in [1.165, 1.54) is 6.33 Å². The Balaban J connectivity index is 2.08. The molecule has 0 unspecified atom stereocenters. The summed E-state index contributed by atoms with van der Waals surface area (Å²) >= 11 is 0. The second kappa shape index (κ2) is 7.82. The number of para-hydroxylation sites is 1. The highest BCUT2D eigenvalue weighted by Gasteiger charge is 2.29. The van der Waals surface area contributed by atoms with E-state index in [-0.39, 0.29) is 17.4 Å². The number of benzene rings is 2. The minimum atomic E-state index is -0.501. The molecule has 0 saturated heterocycles. The third-order valence-electron chi connectivity index (χ3n) is 4.00. The van der Waals surface area contributed by atoms with Gasteiger partial charge in [-0.2, -0.15) is 4.98 Å². The predicted molar refractivity (Wildman–Crippen MR) is 104 cm³/mol. The largest absolute Gasteiger partial charge is 0.434 e. The molecule has 0 amide bonds. The molecule has 0 radical (unpaired) electrons. The third kappa shape index (κ3) is 4.03. The number of anilines is 2. The number of ether oxygens (including phenoxy) is 1. The van der Waals surface area contributed by atoms with E-state index in [0.717, 1.165) is 16.8 Å². The minimum absolute atomic E-state index is 0.0793. The van der Waals surface area contributed by atoms with Crippen molar-refractivity contribution in [2.24, 2.45) is 0 Å². The molecule has 3 rings (SSSR count). The fourth-order valence-corrected chi connectivity index (χ4v) is 2.95. The second-order valence-electron chi connectivity index (χ2n) is 6.11. The summed E-state index contributed by atoms with van der Waals surface area (Å²) in [6.45, 7) is 6.29. The van der Waals surface area contributed by atoms with Gasteiger partial charge in [0.25, 0.3) is 0 Å². The lowest BCUT2D eigenvalue weighted by Crippen LogP contribution is -2.19. The lowest BCUT2D eigenvalue weighted by atomic mass is 10.1. The van der Waals surface area contributed by atoms with Crippen molar-refractivity contribution in [3.05, 3.63) is 76.1 Å². The van der Waals surface area contributed by atoms with Crippen molar-refractivity contribution in [1.29, 1.82) is 0 Å². The van der Waals surface area contributed by atoms with Gasteiger partial charge >= 0.3 is 11.6 Å². The van der Waals surface area contributed by atoms with E-state index < -0.39 is 4.92 Å². The zero-order chi connectivity index (χ0) is 19.4. The summed E-state index contributed by atoms with van der Waals surface area (Å²) in [5, 5.41) is 11.8. The molecule has 1 aromatic heterocycles. The number of hydrogen-bond donors (Lipinski definition) is 0. The van der Waals surface area contributed by atoms with Crippen molar-refractivity contribution in [1.82, 2.24) is 9.97 Å². The Morgan fingerprint density at radius 2 is 1.74 bits per heavy atom. The molecule has 0 N–H and O–H groups in total. The van der Waals surface area contributed by atoms with E-state index in [4.69, 9.17) is 4.74 Å². The maximum atomic E-state index is 11.8. The molecule has 0 saturated carbocycles. The summed E-state index contributed by atoms with van der Waals surface area (Å²) < 4.78 is 5.78. The Hall–Kier alpha value is -3.48. The highest BCUT2D eigenvalue weighted by atomic mass is 16.6. The van der Waals surface area contributed by atoms with Gasteiger partial charge in [-0.25, -0.2) is 4.98 Å². The molecule has 7 nitrogen and oxygen atoms in total. The fourth-order valence-electron chi connectivity index (χ4n) is 2.95. The zero-order valence-electron chi connectivity index (χ0n) is 15.4. The highest BCUT2D eigenvalue weighted by Crippen LogP contribution is 2.38. The number of aromatic nitrogens is 2. The van der Waals surface area contributed by atoms with Gasteiger partial charge in [0.05, 0.1) is 4.92 Å². The number of aryl methyl sites for hydroxylation is 2. The topological polar surface area (TPSA) is 81.4 Å².